The predicted molar refractivity (Wildman–Crippen MR) is 111 cm³/mol. The van der Waals surface area contributed by atoms with Gasteiger partial charge in [0.2, 0.25) is 0 Å². The summed E-state index contributed by atoms with van der Waals surface area (Å²) in [5, 5.41) is 18.5. The van der Waals surface area contributed by atoms with Crippen LogP contribution in [0, 0.1) is 0 Å². The van der Waals surface area contributed by atoms with E-state index in [9.17, 15) is 23.1 Å². The molecule has 0 saturated carbocycles. The Morgan fingerprint density at radius 1 is 1.23 bits per heavy atom. The van der Waals surface area contributed by atoms with Crippen molar-refractivity contribution in [1.29, 1.82) is 0 Å². The number of hydrogen-bond acceptors (Lipinski definition) is 3. The molecule has 2 amide bonds. The van der Waals surface area contributed by atoms with E-state index in [1.807, 2.05) is 24.3 Å². The van der Waals surface area contributed by atoms with Crippen LogP contribution in [0.2, 0.25) is 5.02 Å². The van der Waals surface area contributed by atoms with Crippen LogP contribution in [0.25, 0.3) is 10.9 Å². The molecule has 10 heteroatoms. The number of benzene rings is 2. The van der Waals surface area contributed by atoms with Crippen LogP contribution in [0.1, 0.15) is 24.0 Å². The van der Waals surface area contributed by atoms with E-state index in [-0.39, 0.29) is 37.5 Å². The number of rotatable bonds is 2. The summed E-state index contributed by atoms with van der Waals surface area (Å²) in [6.07, 6.45) is -4.41. The molecule has 1 aromatic heterocycles. The number of aromatic amines is 1. The van der Waals surface area contributed by atoms with E-state index in [2.05, 4.69) is 10.2 Å². The molecule has 1 fully saturated rings. The Kier molecular flexibility index (Phi) is 5.35. The Morgan fingerprint density at radius 3 is 2.58 bits per heavy atom. The number of amides is 2. The van der Waals surface area contributed by atoms with E-state index in [4.69, 9.17) is 11.6 Å². The molecule has 0 atom stereocenters. The minimum atomic E-state index is -4.62. The quantitative estimate of drug-likeness (QED) is 0.588. The van der Waals surface area contributed by atoms with Gasteiger partial charge in [-0.05, 0) is 42.7 Å². The molecule has 1 aliphatic heterocycles. The Morgan fingerprint density at radius 2 is 1.90 bits per heavy atom. The minimum Gasteiger partial charge on any atom is -0.385 e. The van der Waals surface area contributed by atoms with Crippen molar-refractivity contribution in [3.05, 3.63) is 58.6 Å². The summed E-state index contributed by atoms with van der Waals surface area (Å²) in [6, 6.07) is 10.6. The fraction of sp³-hybridized carbons (Fsp3) is 0.333. The van der Waals surface area contributed by atoms with Gasteiger partial charge in [0.1, 0.15) is 0 Å². The highest BCUT2D eigenvalue weighted by molar-refractivity contribution is 6.31. The maximum Gasteiger partial charge on any atom is 0.417 e. The summed E-state index contributed by atoms with van der Waals surface area (Å²) in [4.78, 5) is 15.9. The lowest BCUT2D eigenvalue weighted by atomic mass is 9.84. The summed E-state index contributed by atoms with van der Waals surface area (Å²) < 4.78 is 39.6. The van der Waals surface area contributed by atoms with Crippen molar-refractivity contribution >= 4 is 34.4 Å². The average molecular weight is 453 g/mol. The van der Waals surface area contributed by atoms with Gasteiger partial charge < -0.3 is 10.0 Å². The van der Waals surface area contributed by atoms with E-state index in [1.54, 1.807) is 11.9 Å². The Balaban J connectivity index is 1.50. The molecule has 164 valence electrons. The van der Waals surface area contributed by atoms with Crippen LogP contribution in [-0.4, -0.2) is 46.4 Å². The van der Waals surface area contributed by atoms with Gasteiger partial charge in [0, 0.05) is 25.5 Å². The smallest absolute Gasteiger partial charge is 0.385 e. The van der Waals surface area contributed by atoms with Crippen LogP contribution in [0.3, 0.4) is 0 Å². The molecular weight excluding hydrogens is 433 g/mol. The third kappa shape index (κ3) is 3.95. The summed E-state index contributed by atoms with van der Waals surface area (Å²) in [7, 11) is 1.61. The fourth-order valence-electron chi connectivity index (χ4n) is 3.90. The molecule has 4 rings (SSSR count). The molecule has 0 unspecified atom stereocenters. The minimum absolute atomic E-state index is 0.104. The first kappa shape index (κ1) is 21.5. The van der Waals surface area contributed by atoms with E-state index < -0.39 is 22.4 Å². The van der Waals surface area contributed by atoms with Crippen molar-refractivity contribution in [1.82, 2.24) is 15.1 Å². The molecule has 31 heavy (non-hydrogen) atoms. The maximum absolute atomic E-state index is 13.2. The maximum atomic E-state index is 13.2. The largest absolute Gasteiger partial charge is 0.417 e. The van der Waals surface area contributed by atoms with Crippen LogP contribution in [0.5, 0.6) is 0 Å². The van der Waals surface area contributed by atoms with Crippen molar-refractivity contribution < 1.29 is 23.1 Å². The topological polar surface area (TPSA) is 72.5 Å². The van der Waals surface area contributed by atoms with E-state index in [0.29, 0.717) is 5.82 Å². The van der Waals surface area contributed by atoms with Gasteiger partial charge in [0.25, 0.3) is 0 Å². The molecule has 2 heterocycles. The molecule has 3 aromatic rings. The SMILES string of the molecule is CN(C(=O)N1CCC(O)(c2ccc(Cl)c(C(F)(F)F)c2)CC1)c1n[nH]c2ccccc12. The fourth-order valence-corrected chi connectivity index (χ4v) is 4.12. The zero-order chi connectivity index (χ0) is 22.4. The predicted octanol–water partition coefficient (Wildman–Crippen LogP) is 4.77. The number of urea groups is 1. The lowest BCUT2D eigenvalue weighted by Gasteiger charge is -2.39. The summed E-state index contributed by atoms with van der Waals surface area (Å²) in [5.74, 6) is 0.481. The third-order valence-electron chi connectivity index (χ3n) is 5.73. The third-order valence-corrected chi connectivity index (χ3v) is 6.05. The standard InChI is InChI=1S/C21H20ClF3N4O2/c1-28(18-14-4-2-3-5-17(14)26-27-18)19(30)29-10-8-20(31,9-11-29)13-6-7-16(22)15(12-13)21(23,24)25/h2-7,12,31H,8-11H2,1H3,(H,26,27). The zero-order valence-electron chi connectivity index (χ0n) is 16.6. The molecule has 0 spiro atoms. The number of halogens is 4. The molecule has 2 aromatic carbocycles. The van der Waals surface area contributed by atoms with Crippen LogP contribution >= 0.6 is 11.6 Å². The molecule has 2 N–H and O–H groups in total. The number of aliphatic hydroxyl groups is 1. The summed E-state index contributed by atoms with van der Waals surface area (Å²) in [6.45, 7) is 0.373. The van der Waals surface area contributed by atoms with Crippen molar-refractivity contribution in [2.75, 3.05) is 25.0 Å². The molecule has 0 bridgehead atoms. The van der Waals surface area contributed by atoms with Gasteiger partial charge in [-0.3, -0.25) is 10.00 Å². The highest BCUT2D eigenvalue weighted by Crippen LogP contribution is 2.40. The number of carbonyl (C=O) groups excluding carboxylic acids is 1. The first-order valence-corrected chi connectivity index (χ1v) is 10.0. The monoisotopic (exact) mass is 452 g/mol. The van der Waals surface area contributed by atoms with Gasteiger partial charge in [0.15, 0.2) is 5.82 Å². The Hall–Kier alpha value is -2.78. The summed E-state index contributed by atoms with van der Waals surface area (Å²) >= 11 is 5.69. The molecule has 1 aliphatic rings. The summed E-state index contributed by atoms with van der Waals surface area (Å²) in [5.41, 5.74) is -1.51. The highest BCUT2D eigenvalue weighted by Gasteiger charge is 2.39. The number of aromatic nitrogens is 2. The highest BCUT2D eigenvalue weighted by atomic mass is 35.5. The molecule has 1 saturated heterocycles. The van der Waals surface area contributed by atoms with Gasteiger partial charge in [-0.2, -0.15) is 18.3 Å². The number of alkyl halides is 3. The van der Waals surface area contributed by atoms with Gasteiger partial charge in [-0.15, -0.1) is 0 Å². The van der Waals surface area contributed by atoms with E-state index in [0.717, 1.165) is 23.0 Å². The number of para-hydroxylation sites is 1. The normalized spacial score (nSPS) is 16.5. The van der Waals surface area contributed by atoms with Crippen molar-refractivity contribution in [3.8, 4) is 0 Å². The average Bonchev–Trinajstić information content (AvgIpc) is 3.17. The zero-order valence-corrected chi connectivity index (χ0v) is 17.3. The number of likely N-dealkylation sites (tertiary alicyclic amines) is 1. The first-order chi connectivity index (χ1) is 14.6. The number of carbonyl (C=O) groups is 1. The number of piperidine rings is 1. The van der Waals surface area contributed by atoms with Crippen LogP contribution in [0.15, 0.2) is 42.5 Å². The molecular formula is C21H20ClF3N4O2. The number of anilines is 1. The second-order valence-corrected chi connectivity index (χ2v) is 8.05. The van der Waals surface area contributed by atoms with Crippen LogP contribution < -0.4 is 4.90 Å². The number of nitrogens with one attached hydrogen (secondary N) is 1. The van der Waals surface area contributed by atoms with Crippen LogP contribution in [0.4, 0.5) is 23.8 Å². The van der Waals surface area contributed by atoms with Crippen molar-refractivity contribution in [2.24, 2.45) is 0 Å². The number of H-pyrrole nitrogens is 1. The van der Waals surface area contributed by atoms with Gasteiger partial charge in [-0.25, -0.2) is 4.79 Å². The second-order valence-electron chi connectivity index (χ2n) is 7.65. The van der Waals surface area contributed by atoms with Crippen molar-refractivity contribution in [3.63, 3.8) is 0 Å². The van der Waals surface area contributed by atoms with Gasteiger partial charge in [0.05, 0.1) is 21.7 Å². The van der Waals surface area contributed by atoms with E-state index >= 15 is 0 Å². The van der Waals surface area contributed by atoms with Crippen molar-refractivity contribution in [2.45, 2.75) is 24.6 Å². The van der Waals surface area contributed by atoms with E-state index in [1.165, 1.54) is 11.0 Å². The van der Waals surface area contributed by atoms with Gasteiger partial charge in [-0.1, -0.05) is 29.8 Å². The molecule has 6 nitrogen and oxygen atoms in total. The number of fused-ring (bicyclic) bond motifs is 1. The first-order valence-electron chi connectivity index (χ1n) is 9.65. The number of hydrogen-bond donors (Lipinski definition) is 2. The lowest BCUT2D eigenvalue weighted by Crippen LogP contribution is -2.49. The second kappa shape index (κ2) is 7.72. The molecule has 0 radical (unpaired) electrons. The Bertz CT molecular complexity index is 1120. The number of nitrogens with zero attached hydrogens (tertiary/aromatic N) is 3. The Labute approximate surface area is 181 Å². The van der Waals surface area contributed by atoms with Crippen LogP contribution in [-0.2, 0) is 11.8 Å². The lowest BCUT2D eigenvalue weighted by molar-refractivity contribution is -0.137. The van der Waals surface area contributed by atoms with Gasteiger partial charge >= 0.3 is 12.2 Å². The molecule has 0 aliphatic carbocycles.